The highest BCUT2D eigenvalue weighted by Crippen LogP contribution is 2.23. The Labute approximate surface area is 97.2 Å². The normalized spacial score (nSPS) is 15.6. The van der Waals surface area contributed by atoms with Gasteiger partial charge in [0.2, 0.25) is 0 Å². The lowest BCUT2D eigenvalue weighted by Gasteiger charge is -2.22. The van der Waals surface area contributed by atoms with Crippen LogP contribution < -0.4 is 0 Å². The van der Waals surface area contributed by atoms with E-state index in [1.165, 1.54) is 25.7 Å². The van der Waals surface area contributed by atoms with Crippen molar-refractivity contribution in [3.8, 4) is 0 Å². The summed E-state index contributed by atoms with van der Waals surface area (Å²) in [7, 11) is 2.20. The van der Waals surface area contributed by atoms with Crippen LogP contribution in [-0.2, 0) is 8.85 Å². The van der Waals surface area contributed by atoms with E-state index in [2.05, 4.69) is 20.8 Å². The highest BCUT2D eigenvalue weighted by atomic mass is 28.3. The van der Waals surface area contributed by atoms with Gasteiger partial charge >= 0.3 is 9.28 Å². The van der Waals surface area contributed by atoms with Gasteiger partial charge in [-0.1, -0.05) is 46.5 Å². The zero-order chi connectivity index (χ0) is 11.7. The average molecular weight is 232 g/mol. The van der Waals surface area contributed by atoms with Crippen LogP contribution in [0.2, 0.25) is 6.04 Å². The van der Waals surface area contributed by atoms with Crippen LogP contribution in [0.15, 0.2) is 0 Å². The molecule has 3 heteroatoms. The van der Waals surface area contributed by atoms with E-state index >= 15 is 0 Å². The van der Waals surface area contributed by atoms with Gasteiger partial charge in [0.1, 0.15) is 0 Å². The molecule has 0 fully saturated rings. The van der Waals surface area contributed by atoms with E-state index in [9.17, 15) is 0 Å². The van der Waals surface area contributed by atoms with E-state index < -0.39 is 9.28 Å². The summed E-state index contributed by atoms with van der Waals surface area (Å²) in [6.45, 7) is 6.94. The van der Waals surface area contributed by atoms with Crippen molar-refractivity contribution in [2.24, 2.45) is 11.8 Å². The molecule has 0 aliphatic heterocycles. The van der Waals surface area contributed by atoms with Gasteiger partial charge in [0.25, 0.3) is 0 Å². The second-order valence-corrected chi connectivity index (χ2v) is 6.86. The molecule has 0 heterocycles. The monoisotopic (exact) mass is 232 g/mol. The number of rotatable bonds is 9. The lowest BCUT2D eigenvalue weighted by atomic mass is 9.92. The van der Waals surface area contributed by atoms with Crippen molar-refractivity contribution in [2.75, 3.05) is 14.2 Å². The van der Waals surface area contributed by atoms with Crippen molar-refractivity contribution in [1.82, 2.24) is 0 Å². The molecule has 0 aliphatic rings. The molecule has 0 aromatic rings. The van der Waals surface area contributed by atoms with Crippen LogP contribution in [0.25, 0.3) is 0 Å². The van der Waals surface area contributed by atoms with Gasteiger partial charge in [-0.25, -0.2) is 0 Å². The zero-order valence-electron chi connectivity index (χ0n) is 11.1. The van der Waals surface area contributed by atoms with Crippen molar-refractivity contribution in [2.45, 2.75) is 52.5 Å². The van der Waals surface area contributed by atoms with Crippen molar-refractivity contribution in [1.29, 1.82) is 0 Å². The van der Waals surface area contributed by atoms with Gasteiger partial charge in [0, 0.05) is 14.2 Å². The summed E-state index contributed by atoms with van der Waals surface area (Å²) in [5, 5.41) is 0. The van der Waals surface area contributed by atoms with Crippen LogP contribution in [0.3, 0.4) is 0 Å². The highest BCUT2D eigenvalue weighted by molar-refractivity contribution is 6.44. The van der Waals surface area contributed by atoms with Crippen LogP contribution in [0.5, 0.6) is 0 Å². The summed E-state index contributed by atoms with van der Waals surface area (Å²) in [6.07, 6.45) is 5.40. The molecule has 0 aromatic carbocycles. The summed E-state index contributed by atoms with van der Waals surface area (Å²) in [5.41, 5.74) is 0. The third kappa shape index (κ3) is 7.09. The predicted octanol–water partition coefficient (Wildman–Crippen LogP) is 3.35. The van der Waals surface area contributed by atoms with Crippen LogP contribution in [0.1, 0.15) is 46.5 Å². The maximum absolute atomic E-state index is 5.36. The first kappa shape index (κ1) is 15.1. The Hall–Kier alpha value is 0.137. The molecule has 0 saturated heterocycles. The Kier molecular flexibility index (Phi) is 9.45. The minimum atomic E-state index is -1.35. The van der Waals surface area contributed by atoms with Crippen LogP contribution in [-0.4, -0.2) is 23.5 Å². The van der Waals surface area contributed by atoms with Gasteiger partial charge in [-0.2, -0.15) is 0 Å². The molecule has 0 amide bonds. The number of unbranched alkanes of at least 4 members (excludes halogenated alkanes) is 2. The van der Waals surface area contributed by atoms with E-state index in [0.717, 1.165) is 17.9 Å². The molecule has 0 rings (SSSR count). The Bertz CT molecular complexity index is 138. The van der Waals surface area contributed by atoms with Gasteiger partial charge in [-0.05, 0) is 17.9 Å². The lowest BCUT2D eigenvalue weighted by molar-refractivity contribution is 0.259. The fourth-order valence-corrected chi connectivity index (χ4v) is 3.47. The number of hydrogen-bond acceptors (Lipinski definition) is 2. The Morgan fingerprint density at radius 3 is 2.07 bits per heavy atom. The molecule has 15 heavy (non-hydrogen) atoms. The average Bonchev–Trinajstić information content (AvgIpc) is 2.25. The second-order valence-electron chi connectivity index (χ2n) is 4.59. The topological polar surface area (TPSA) is 18.5 Å². The molecule has 0 aliphatic carbocycles. The zero-order valence-corrected chi connectivity index (χ0v) is 12.2. The maximum atomic E-state index is 5.36. The molecule has 2 unspecified atom stereocenters. The van der Waals surface area contributed by atoms with E-state index in [1.54, 1.807) is 14.2 Å². The van der Waals surface area contributed by atoms with Crippen LogP contribution in [0.4, 0.5) is 0 Å². The summed E-state index contributed by atoms with van der Waals surface area (Å²) in [4.78, 5) is 0. The molecule has 0 saturated carbocycles. The summed E-state index contributed by atoms with van der Waals surface area (Å²) in [6, 6.07) is 1.14. The third-order valence-corrected chi connectivity index (χ3v) is 5.50. The minimum absolute atomic E-state index is 0.735. The first-order valence-corrected chi connectivity index (χ1v) is 7.97. The van der Waals surface area contributed by atoms with Gasteiger partial charge in [0.15, 0.2) is 0 Å². The molecule has 2 nitrogen and oxygen atoms in total. The first-order valence-electron chi connectivity index (χ1n) is 6.21. The maximum Gasteiger partial charge on any atom is 0.321 e. The largest absolute Gasteiger partial charge is 0.400 e. The Balaban J connectivity index is 3.71. The standard InChI is InChI=1S/C12H28O2Si/c1-6-7-8-9-11(2)12(3)10-15(13-4)14-5/h11-12,15H,6-10H2,1-5H3. The van der Waals surface area contributed by atoms with Gasteiger partial charge < -0.3 is 8.85 Å². The van der Waals surface area contributed by atoms with Crippen molar-refractivity contribution < 1.29 is 8.85 Å². The summed E-state index contributed by atoms with van der Waals surface area (Å²) in [5.74, 6) is 1.54. The second kappa shape index (κ2) is 9.37. The van der Waals surface area contributed by atoms with E-state index in [-0.39, 0.29) is 0 Å². The van der Waals surface area contributed by atoms with Crippen molar-refractivity contribution in [3.05, 3.63) is 0 Å². The molecule has 0 radical (unpaired) electrons. The quantitative estimate of drug-likeness (QED) is 0.448. The van der Waals surface area contributed by atoms with Gasteiger partial charge in [0.05, 0.1) is 0 Å². The molecule has 2 atom stereocenters. The fourth-order valence-electron chi connectivity index (χ4n) is 1.83. The van der Waals surface area contributed by atoms with E-state index in [0.29, 0.717) is 0 Å². The Morgan fingerprint density at radius 2 is 1.60 bits per heavy atom. The molecule has 0 spiro atoms. The summed E-state index contributed by atoms with van der Waals surface area (Å²) < 4.78 is 10.7. The van der Waals surface area contributed by atoms with Crippen molar-refractivity contribution >= 4 is 9.28 Å². The Morgan fingerprint density at radius 1 is 1.00 bits per heavy atom. The first-order chi connectivity index (χ1) is 7.15. The lowest BCUT2D eigenvalue weighted by Crippen LogP contribution is -2.24. The van der Waals surface area contributed by atoms with Gasteiger partial charge in [-0.15, -0.1) is 0 Å². The van der Waals surface area contributed by atoms with E-state index in [1.807, 2.05) is 0 Å². The minimum Gasteiger partial charge on any atom is -0.400 e. The fraction of sp³-hybridized carbons (Fsp3) is 1.00. The predicted molar refractivity (Wildman–Crippen MR) is 68.4 cm³/mol. The molecule has 0 N–H and O–H groups in total. The summed E-state index contributed by atoms with van der Waals surface area (Å²) >= 11 is 0. The van der Waals surface area contributed by atoms with E-state index in [4.69, 9.17) is 8.85 Å². The molecule has 0 bridgehead atoms. The molecule has 92 valence electrons. The van der Waals surface area contributed by atoms with Crippen molar-refractivity contribution in [3.63, 3.8) is 0 Å². The van der Waals surface area contributed by atoms with Crippen LogP contribution in [0, 0.1) is 11.8 Å². The third-order valence-electron chi connectivity index (χ3n) is 3.32. The molecular weight excluding hydrogens is 204 g/mol. The molecule has 0 aromatic heterocycles. The smallest absolute Gasteiger partial charge is 0.321 e. The van der Waals surface area contributed by atoms with Gasteiger partial charge in [-0.3, -0.25) is 0 Å². The number of hydrogen-bond donors (Lipinski definition) is 0. The highest BCUT2D eigenvalue weighted by Gasteiger charge is 2.19. The SMILES string of the molecule is CCCCCC(C)C(C)C[SiH](OC)OC. The van der Waals surface area contributed by atoms with Crippen LogP contribution >= 0.6 is 0 Å². The molecular formula is C12H28O2Si.